The van der Waals surface area contributed by atoms with Crippen LogP contribution in [0.4, 0.5) is 0 Å². The van der Waals surface area contributed by atoms with Crippen LogP contribution < -0.4 is 15.2 Å². The molecule has 2 aromatic carbocycles. The van der Waals surface area contributed by atoms with Crippen molar-refractivity contribution in [2.75, 3.05) is 6.61 Å². The molecule has 0 radical (unpaired) electrons. The first-order chi connectivity index (χ1) is 14.1. The average Bonchev–Trinajstić information content (AvgIpc) is 2.86. The van der Waals surface area contributed by atoms with E-state index in [-0.39, 0.29) is 5.91 Å². The van der Waals surface area contributed by atoms with E-state index in [4.69, 9.17) is 21.1 Å². The molecule has 0 atom stereocenters. The van der Waals surface area contributed by atoms with Crippen LogP contribution in [0.25, 0.3) is 0 Å². The van der Waals surface area contributed by atoms with Crippen LogP contribution in [0.1, 0.15) is 67.3 Å². The van der Waals surface area contributed by atoms with Gasteiger partial charge in [-0.2, -0.15) is 0 Å². The zero-order valence-electron chi connectivity index (χ0n) is 17.0. The standard InChI is InChI=1S/C24H30ClNO3/c25-22-15-20(24(26)27)11-14-23(22)29-17-19-9-12-21(13-10-19)28-16-18-7-5-3-1-2-4-6-8-18/h9-15,18H,1-8,16-17H2,(H2,26,27)/p+1. The average molecular weight is 417 g/mol. The second-order valence-corrected chi connectivity index (χ2v) is 8.28. The van der Waals surface area contributed by atoms with Crippen molar-refractivity contribution in [1.82, 2.24) is 0 Å². The summed E-state index contributed by atoms with van der Waals surface area (Å²) in [6.07, 6.45) is 10.7. The fourth-order valence-corrected chi connectivity index (χ4v) is 3.97. The molecular formula is C24H31ClNO3+. The van der Waals surface area contributed by atoms with Gasteiger partial charge in [-0.25, -0.2) is 4.79 Å². The van der Waals surface area contributed by atoms with Crippen molar-refractivity contribution in [3.63, 3.8) is 0 Å². The minimum absolute atomic E-state index is 0.260. The molecule has 0 bridgehead atoms. The van der Waals surface area contributed by atoms with E-state index in [1.807, 2.05) is 24.3 Å². The Labute approximate surface area is 178 Å². The fraction of sp³-hybridized carbons (Fsp3) is 0.458. The molecule has 0 aromatic heterocycles. The number of carbonyl (C=O) groups is 1. The minimum Gasteiger partial charge on any atom is -0.493 e. The molecule has 5 heteroatoms. The van der Waals surface area contributed by atoms with Crippen LogP contribution in [0.15, 0.2) is 42.5 Å². The molecule has 0 heterocycles. The number of hydrogen-bond donors (Lipinski definition) is 1. The number of amides is 1. The molecule has 0 aliphatic heterocycles. The molecule has 0 unspecified atom stereocenters. The second-order valence-electron chi connectivity index (χ2n) is 7.88. The lowest BCUT2D eigenvalue weighted by molar-refractivity contribution is -0.255. The zero-order valence-corrected chi connectivity index (χ0v) is 17.8. The summed E-state index contributed by atoms with van der Waals surface area (Å²) in [5.74, 6) is 1.87. The molecule has 1 amide bonds. The molecule has 1 fully saturated rings. The summed E-state index contributed by atoms with van der Waals surface area (Å²) in [4.78, 5) is 11.3. The van der Waals surface area contributed by atoms with Gasteiger partial charge in [0, 0.05) is 0 Å². The van der Waals surface area contributed by atoms with Crippen LogP contribution in [0, 0.1) is 5.92 Å². The van der Waals surface area contributed by atoms with E-state index < -0.39 is 0 Å². The molecule has 0 saturated heterocycles. The van der Waals surface area contributed by atoms with Crippen LogP contribution in [0.3, 0.4) is 0 Å². The van der Waals surface area contributed by atoms with E-state index in [2.05, 4.69) is 5.73 Å². The van der Waals surface area contributed by atoms with E-state index >= 15 is 0 Å². The van der Waals surface area contributed by atoms with Gasteiger partial charge in [0.25, 0.3) is 0 Å². The number of hydrogen-bond acceptors (Lipinski definition) is 3. The zero-order chi connectivity index (χ0) is 20.5. The van der Waals surface area contributed by atoms with Gasteiger partial charge in [-0.15, -0.1) is 0 Å². The van der Waals surface area contributed by atoms with Gasteiger partial charge < -0.3 is 9.47 Å². The molecule has 29 heavy (non-hydrogen) atoms. The molecule has 1 saturated carbocycles. The number of quaternary nitrogens is 1. The van der Waals surface area contributed by atoms with Crippen LogP contribution in [0.5, 0.6) is 11.5 Å². The number of ether oxygens (including phenoxy) is 2. The molecule has 3 rings (SSSR count). The highest BCUT2D eigenvalue weighted by Crippen LogP contribution is 2.27. The molecule has 156 valence electrons. The predicted molar refractivity (Wildman–Crippen MR) is 115 cm³/mol. The second kappa shape index (κ2) is 11.2. The Bertz CT molecular complexity index is 781. The molecule has 4 nitrogen and oxygen atoms in total. The Morgan fingerprint density at radius 1 is 0.931 bits per heavy atom. The number of halogens is 1. The summed E-state index contributed by atoms with van der Waals surface area (Å²) in [5, 5.41) is 0.412. The van der Waals surface area contributed by atoms with Crippen molar-refractivity contribution in [3.05, 3.63) is 58.6 Å². The van der Waals surface area contributed by atoms with E-state index in [1.165, 1.54) is 51.4 Å². The Kier molecular flexibility index (Phi) is 8.38. The topological polar surface area (TPSA) is 63.2 Å². The third kappa shape index (κ3) is 7.06. The Morgan fingerprint density at radius 2 is 1.59 bits per heavy atom. The van der Waals surface area contributed by atoms with Crippen molar-refractivity contribution >= 4 is 17.5 Å². The van der Waals surface area contributed by atoms with Crippen molar-refractivity contribution in [2.45, 2.75) is 58.0 Å². The highest BCUT2D eigenvalue weighted by molar-refractivity contribution is 6.32. The highest BCUT2D eigenvalue weighted by Gasteiger charge is 2.12. The Balaban J connectivity index is 1.48. The van der Waals surface area contributed by atoms with Crippen molar-refractivity contribution in [1.29, 1.82) is 0 Å². The first-order valence-corrected chi connectivity index (χ1v) is 11.0. The van der Waals surface area contributed by atoms with Crippen molar-refractivity contribution in [2.24, 2.45) is 5.92 Å². The van der Waals surface area contributed by atoms with Gasteiger partial charge in [0.1, 0.15) is 18.1 Å². The summed E-state index contributed by atoms with van der Waals surface area (Å²) < 4.78 is 11.8. The first kappa shape index (κ1) is 21.7. The lowest BCUT2D eigenvalue weighted by Crippen LogP contribution is -2.56. The smallest absolute Gasteiger partial charge is 0.341 e. The maximum absolute atomic E-state index is 11.3. The van der Waals surface area contributed by atoms with E-state index in [0.29, 0.717) is 28.9 Å². The van der Waals surface area contributed by atoms with Crippen LogP contribution in [-0.2, 0) is 6.61 Å². The van der Waals surface area contributed by atoms with Gasteiger partial charge >= 0.3 is 5.91 Å². The Morgan fingerprint density at radius 3 is 2.21 bits per heavy atom. The molecule has 0 spiro atoms. The number of rotatable bonds is 7. The summed E-state index contributed by atoms with van der Waals surface area (Å²) in [5.41, 5.74) is 4.90. The largest absolute Gasteiger partial charge is 0.493 e. The maximum Gasteiger partial charge on any atom is 0.341 e. The van der Waals surface area contributed by atoms with E-state index in [0.717, 1.165) is 17.9 Å². The highest BCUT2D eigenvalue weighted by atomic mass is 35.5. The molecule has 1 aliphatic carbocycles. The molecule has 3 N–H and O–H groups in total. The van der Waals surface area contributed by atoms with Gasteiger partial charge in [-0.1, -0.05) is 62.3 Å². The van der Waals surface area contributed by atoms with Crippen molar-refractivity contribution in [3.8, 4) is 11.5 Å². The van der Waals surface area contributed by atoms with Gasteiger partial charge in [-0.3, -0.25) is 5.73 Å². The summed E-state index contributed by atoms with van der Waals surface area (Å²) in [7, 11) is 0. The van der Waals surface area contributed by atoms with E-state index in [9.17, 15) is 4.79 Å². The van der Waals surface area contributed by atoms with Crippen molar-refractivity contribution < 1.29 is 20.0 Å². The predicted octanol–water partition coefficient (Wildman–Crippen LogP) is 5.43. The summed E-state index contributed by atoms with van der Waals surface area (Å²) in [6.45, 7) is 1.21. The third-order valence-electron chi connectivity index (χ3n) is 5.53. The lowest BCUT2D eigenvalue weighted by Gasteiger charge is -2.17. The number of benzene rings is 2. The van der Waals surface area contributed by atoms with E-state index in [1.54, 1.807) is 18.2 Å². The van der Waals surface area contributed by atoms with Gasteiger partial charge in [0.15, 0.2) is 0 Å². The van der Waals surface area contributed by atoms with Crippen LogP contribution in [0.2, 0.25) is 5.02 Å². The first-order valence-electron chi connectivity index (χ1n) is 10.6. The molecule has 1 aliphatic rings. The monoisotopic (exact) mass is 416 g/mol. The normalized spacial score (nSPS) is 15.8. The maximum atomic E-state index is 11.3. The SMILES string of the molecule is [NH3+]C(=O)c1ccc(OCc2ccc(OCC3CCCCCCCC3)cc2)c(Cl)c1. The fourth-order valence-electron chi connectivity index (χ4n) is 3.73. The minimum atomic E-state index is -0.260. The van der Waals surface area contributed by atoms with Crippen LogP contribution >= 0.6 is 11.6 Å². The van der Waals surface area contributed by atoms with Gasteiger partial charge in [0.05, 0.1) is 17.2 Å². The third-order valence-corrected chi connectivity index (χ3v) is 5.83. The van der Waals surface area contributed by atoms with Crippen LogP contribution in [-0.4, -0.2) is 12.5 Å². The number of carbonyl (C=O) groups excluding carboxylic acids is 1. The lowest BCUT2D eigenvalue weighted by atomic mass is 9.98. The quantitative estimate of drug-likeness (QED) is 0.654. The summed E-state index contributed by atoms with van der Waals surface area (Å²) >= 11 is 6.19. The van der Waals surface area contributed by atoms with Gasteiger partial charge in [-0.05, 0) is 54.7 Å². The summed E-state index contributed by atoms with van der Waals surface area (Å²) in [6, 6.07) is 13.0. The van der Waals surface area contributed by atoms with Gasteiger partial charge in [0.2, 0.25) is 0 Å². The molecule has 2 aromatic rings. The Hall–Kier alpha value is -2.04. The molecular weight excluding hydrogens is 386 g/mol.